The molecule has 0 aliphatic carbocycles. The summed E-state index contributed by atoms with van der Waals surface area (Å²) in [4.78, 5) is 0. The van der Waals surface area contributed by atoms with Gasteiger partial charge in [-0.15, -0.1) is 5.10 Å². The number of nitrogens with one attached hydrogen (secondary N) is 2. The van der Waals surface area contributed by atoms with E-state index in [2.05, 4.69) is 15.4 Å². The highest BCUT2D eigenvalue weighted by Crippen LogP contribution is 1.99. The standard InChI is InChI=1S/C3H6N4O2/c8-3(6-9)2-1-4-7-5-2/h1,3,6,8-9H,(H,4,5,7). The van der Waals surface area contributed by atoms with E-state index in [9.17, 15) is 0 Å². The lowest BCUT2D eigenvalue weighted by molar-refractivity contribution is -0.00191. The number of rotatable bonds is 2. The van der Waals surface area contributed by atoms with E-state index in [0.29, 0.717) is 5.69 Å². The highest BCUT2D eigenvalue weighted by Gasteiger charge is 2.04. The van der Waals surface area contributed by atoms with Crippen LogP contribution in [-0.2, 0) is 0 Å². The molecule has 0 bridgehead atoms. The number of aromatic nitrogens is 3. The molecular weight excluding hydrogens is 124 g/mol. The molecule has 0 aliphatic heterocycles. The van der Waals surface area contributed by atoms with Gasteiger partial charge in [0.1, 0.15) is 5.69 Å². The van der Waals surface area contributed by atoms with Gasteiger partial charge in [0.05, 0.1) is 6.20 Å². The maximum atomic E-state index is 8.75. The fraction of sp³-hybridized carbons (Fsp3) is 0.333. The minimum atomic E-state index is -1.14. The lowest BCUT2D eigenvalue weighted by Crippen LogP contribution is -2.16. The zero-order chi connectivity index (χ0) is 6.69. The summed E-state index contributed by atoms with van der Waals surface area (Å²) in [5, 5.41) is 25.9. The van der Waals surface area contributed by atoms with Gasteiger partial charge in [-0.3, -0.25) is 5.10 Å². The van der Waals surface area contributed by atoms with Gasteiger partial charge in [-0.05, 0) is 0 Å². The van der Waals surface area contributed by atoms with Gasteiger partial charge in [0, 0.05) is 0 Å². The Labute approximate surface area is 50.5 Å². The number of aromatic amines is 1. The Morgan fingerprint density at radius 1 is 1.78 bits per heavy atom. The van der Waals surface area contributed by atoms with Gasteiger partial charge < -0.3 is 10.3 Å². The summed E-state index contributed by atoms with van der Waals surface area (Å²) in [5.41, 5.74) is 1.93. The summed E-state index contributed by atoms with van der Waals surface area (Å²) in [6.07, 6.45) is 0.161. The van der Waals surface area contributed by atoms with Crippen LogP contribution in [0, 0.1) is 0 Å². The highest BCUT2D eigenvalue weighted by atomic mass is 16.5. The predicted octanol–water partition coefficient (Wildman–Crippen LogP) is -1.23. The molecule has 0 aromatic carbocycles. The fourth-order valence-electron chi connectivity index (χ4n) is 0.408. The van der Waals surface area contributed by atoms with E-state index in [1.807, 2.05) is 0 Å². The average Bonchev–Trinajstić information content (AvgIpc) is 2.37. The Hall–Kier alpha value is -0.980. The molecule has 1 heterocycles. The summed E-state index contributed by atoms with van der Waals surface area (Å²) in [6.45, 7) is 0. The molecule has 0 radical (unpaired) electrons. The van der Waals surface area contributed by atoms with Crippen LogP contribution in [0.1, 0.15) is 11.9 Å². The van der Waals surface area contributed by atoms with E-state index < -0.39 is 6.23 Å². The SMILES string of the molecule is ONC(O)c1cnn[nH]1. The molecule has 50 valence electrons. The number of hydrogen-bond acceptors (Lipinski definition) is 5. The number of aliphatic hydroxyl groups excluding tert-OH is 1. The molecule has 1 aromatic rings. The molecule has 0 fully saturated rings. The minimum Gasteiger partial charge on any atom is -0.371 e. The van der Waals surface area contributed by atoms with Crippen LogP contribution in [0.25, 0.3) is 0 Å². The monoisotopic (exact) mass is 130 g/mol. The maximum absolute atomic E-state index is 8.75. The second kappa shape index (κ2) is 2.53. The summed E-state index contributed by atoms with van der Waals surface area (Å²) in [6, 6.07) is 0. The lowest BCUT2D eigenvalue weighted by Gasteiger charge is -2.01. The molecule has 9 heavy (non-hydrogen) atoms. The Kier molecular flexibility index (Phi) is 1.73. The first-order valence-electron chi connectivity index (χ1n) is 2.28. The molecule has 0 amide bonds. The predicted molar refractivity (Wildman–Crippen MR) is 26.3 cm³/mol. The van der Waals surface area contributed by atoms with Crippen LogP contribution < -0.4 is 5.48 Å². The van der Waals surface area contributed by atoms with Crippen molar-refractivity contribution in [1.82, 2.24) is 20.9 Å². The van der Waals surface area contributed by atoms with Crippen LogP contribution in [0.5, 0.6) is 0 Å². The molecule has 0 spiro atoms. The third-order valence-corrected chi connectivity index (χ3v) is 0.851. The molecule has 0 saturated heterocycles. The van der Waals surface area contributed by atoms with Crippen molar-refractivity contribution in [2.45, 2.75) is 6.23 Å². The van der Waals surface area contributed by atoms with E-state index in [1.165, 1.54) is 6.20 Å². The number of aliphatic hydroxyl groups is 1. The molecule has 1 atom stereocenters. The zero-order valence-electron chi connectivity index (χ0n) is 4.44. The first-order valence-corrected chi connectivity index (χ1v) is 2.28. The molecule has 4 N–H and O–H groups in total. The van der Waals surface area contributed by atoms with E-state index in [0.717, 1.165) is 0 Å². The topological polar surface area (TPSA) is 94.1 Å². The minimum absolute atomic E-state index is 0.317. The van der Waals surface area contributed by atoms with Gasteiger partial charge in [0.25, 0.3) is 0 Å². The van der Waals surface area contributed by atoms with Gasteiger partial charge in [-0.1, -0.05) is 5.21 Å². The normalized spacial score (nSPS) is 13.6. The van der Waals surface area contributed by atoms with Crippen LogP contribution in [0.15, 0.2) is 6.20 Å². The number of H-pyrrole nitrogens is 1. The quantitative estimate of drug-likeness (QED) is 0.297. The first kappa shape index (κ1) is 6.14. The van der Waals surface area contributed by atoms with Crippen molar-refractivity contribution in [3.8, 4) is 0 Å². The number of hydrogen-bond donors (Lipinski definition) is 4. The van der Waals surface area contributed by atoms with Crippen LogP contribution in [0.2, 0.25) is 0 Å². The molecule has 1 rings (SSSR count). The second-order valence-electron chi connectivity index (χ2n) is 1.44. The molecule has 1 aromatic heterocycles. The van der Waals surface area contributed by atoms with Crippen molar-refractivity contribution >= 4 is 0 Å². The van der Waals surface area contributed by atoms with E-state index in [-0.39, 0.29) is 0 Å². The zero-order valence-corrected chi connectivity index (χ0v) is 4.44. The van der Waals surface area contributed by atoms with E-state index >= 15 is 0 Å². The van der Waals surface area contributed by atoms with Gasteiger partial charge in [-0.25, -0.2) is 0 Å². The largest absolute Gasteiger partial charge is 0.371 e. The average molecular weight is 130 g/mol. The van der Waals surface area contributed by atoms with Crippen LogP contribution in [0.3, 0.4) is 0 Å². The highest BCUT2D eigenvalue weighted by molar-refractivity contribution is 4.92. The van der Waals surface area contributed by atoms with Crippen molar-refractivity contribution in [2.75, 3.05) is 0 Å². The summed E-state index contributed by atoms with van der Waals surface area (Å²) >= 11 is 0. The maximum Gasteiger partial charge on any atom is 0.170 e. The Morgan fingerprint density at radius 3 is 3.00 bits per heavy atom. The molecule has 6 heteroatoms. The third kappa shape index (κ3) is 1.22. The van der Waals surface area contributed by atoms with E-state index in [4.69, 9.17) is 10.3 Å². The van der Waals surface area contributed by atoms with Crippen molar-refractivity contribution in [2.24, 2.45) is 0 Å². The van der Waals surface area contributed by atoms with Gasteiger partial charge >= 0.3 is 0 Å². The van der Waals surface area contributed by atoms with Crippen LogP contribution in [-0.4, -0.2) is 25.7 Å². The summed E-state index contributed by atoms with van der Waals surface area (Å²) < 4.78 is 0. The third-order valence-electron chi connectivity index (χ3n) is 0.851. The van der Waals surface area contributed by atoms with Crippen molar-refractivity contribution in [1.29, 1.82) is 0 Å². The second-order valence-corrected chi connectivity index (χ2v) is 1.44. The Balaban J connectivity index is 2.65. The van der Waals surface area contributed by atoms with Gasteiger partial charge in [0.2, 0.25) is 0 Å². The molecule has 0 aliphatic rings. The molecule has 1 unspecified atom stereocenters. The van der Waals surface area contributed by atoms with Crippen molar-refractivity contribution < 1.29 is 10.3 Å². The lowest BCUT2D eigenvalue weighted by atomic mass is 10.4. The Morgan fingerprint density at radius 2 is 2.56 bits per heavy atom. The molecule has 6 nitrogen and oxygen atoms in total. The molecule has 0 saturated carbocycles. The number of nitrogens with zero attached hydrogens (tertiary/aromatic N) is 2. The van der Waals surface area contributed by atoms with Crippen molar-refractivity contribution in [3.63, 3.8) is 0 Å². The summed E-state index contributed by atoms with van der Waals surface area (Å²) in [5.74, 6) is 0. The van der Waals surface area contributed by atoms with Crippen LogP contribution in [0.4, 0.5) is 0 Å². The van der Waals surface area contributed by atoms with Gasteiger partial charge in [-0.2, -0.15) is 5.48 Å². The van der Waals surface area contributed by atoms with Gasteiger partial charge in [0.15, 0.2) is 6.23 Å². The van der Waals surface area contributed by atoms with Crippen molar-refractivity contribution in [3.05, 3.63) is 11.9 Å². The smallest absolute Gasteiger partial charge is 0.170 e. The first-order chi connectivity index (χ1) is 4.34. The number of hydroxylamine groups is 1. The van der Waals surface area contributed by atoms with E-state index in [1.54, 1.807) is 5.48 Å². The Bertz CT molecular complexity index is 162. The molecular formula is C3H6N4O2. The van der Waals surface area contributed by atoms with Crippen LogP contribution >= 0.6 is 0 Å². The summed E-state index contributed by atoms with van der Waals surface area (Å²) in [7, 11) is 0. The fourth-order valence-corrected chi connectivity index (χ4v) is 0.408.